The van der Waals surface area contributed by atoms with Gasteiger partial charge in [0.25, 0.3) is 0 Å². The normalized spacial score (nSPS) is 14.2. The quantitative estimate of drug-likeness (QED) is 0.626. The fourth-order valence-electron chi connectivity index (χ4n) is 0.822. The van der Waals surface area contributed by atoms with E-state index in [1.165, 1.54) is 0 Å². The minimum atomic E-state index is -0.462. The summed E-state index contributed by atoms with van der Waals surface area (Å²) in [5, 5.41) is 2.56. The van der Waals surface area contributed by atoms with Crippen LogP contribution in [-0.2, 0) is 4.74 Å². The molecule has 0 aromatic rings. The van der Waals surface area contributed by atoms with Crippen LogP contribution in [0.1, 0.15) is 20.8 Å². The van der Waals surface area contributed by atoms with Crippen LogP contribution in [0.5, 0.6) is 0 Å². The highest BCUT2D eigenvalue weighted by molar-refractivity contribution is 5.71. The molecule has 0 saturated heterocycles. The fourth-order valence-corrected chi connectivity index (χ4v) is 0.822. The van der Waals surface area contributed by atoms with Crippen LogP contribution in [0, 0.1) is 0 Å². The molecule has 0 radical (unpaired) electrons. The van der Waals surface area contributed by atoms with Gasteiger partial charge in [0.2, 0.25) is 0 Å². The van der Waals surface area contributed by atoms with E-state index in [2.05, 4.69) is 11.0 Å². The highest BCUT2D eigenvalue weighted by Gasteiger charge is 2.16. The average Bonchev–Trinajstić information content (AvgIpc) is 2.34. The van der Waals surface area contributed by atoms with Gasteiger partial charge in [-0.3, -0.25) is 5.32 Å². The van der Waals surface area contributed by atoms with Crippen molar-refractivity contribution in [2.45, 2.75) is 26.4 Å². The molecule has 1 rings (SSSR count). The van der Waals surface area contributed by atoms with Crippen molar-refractivity contribution in [2.75, 3.05) is 0 Å². The van der Waals surface area contributed by atoms with E-state index in [1.807, 2.05) is 20.8 Å². The lowest BCUT2D eigenvalue weighted by Gasteiger charge is -2.19. The monoisotopic (exact) mass is 179 g/mol. The number of nitrogens with one attached hydrogen (secondary N) is 1. The van der Waals surface area contributed by atoms with Gasteiger partial charge in [-0.25, -0.2) is 4.79 Å². The van der Waals surface area contributed by atoms with Crippen molar-refractivity contribution in [1.82, 2.24) is 5.32 Å². The number of hydrogen-bond donors (Lipinski definition) is 1. The molecule has 13 heavy (non-hydrogen) atoms. The number of allylic oxidation sites excluding steroid dienone is 2. The molecule has 0 heterocycles. The third kappa shape index (κ3) is 3.63. The van der Waals surface area contributed by atoms with Gasteiger partial charge in [0.05, 0.1) is 5.70 Å². The summed E-state index contributed by atoms with van der Waals surface area (Å²) in [7, 11) is 0. The molecule has 1 aliphatic carbocycles. The zero-order chi connectivity index (χ0) is 9.90. The third-order valence-electron chi connectivity index (χ3n) is 1.23. The van der Waals surface area contributed by atoms with Crippen molar-refractivity contribution in [3.05, 3.63) is 29.7 Å². The van der Waals surface area contributed by atoms with Crippen LogP contribution in [0.3, 0.4) is 0 Å². The van der Waals surface area contributed by atoms with Crippen LogP contribution < -0.4 is 5.32 Å². The second-order valence-electron chi connectivity index (χ2n) is 3.71. The summed E-state index contributed by atoms with van der Waals surface area (Å²) in [5.41, 5.74) is 3.01. The Labute approximate surface area is 77.8 Å². The first-order valence-corrected chi connectivity index (χ1v) is 4.11. The van der Waals surface area contributed by atoms with Crippen molar-refractivity contribution in [1.29, 1.82) is 0 Å². The van der Waals surface area contributed by atoms with Gasteiger partial charge < -0.3 is 4.74 Å². The average molecular weight is 179 g/mol. The lowest BCUT2D eigenvalue weighted by atomic mass is 10.2. The van der Waals surface area contributed by atoms with E-state index in [1.54, 1.807) is 18.2 Å². The predicted octanol–water partition coefficient (Wildman–Crippen LogP) is 2.12. The maximum absolute atomic E-state index is 11.2. The largest absolute Gasteiger partial charge is 0.444 e. The van der Waals surface area contributed by atoms with Gasteiger partial charge in [0.15, 0.2) is 0 Å². The summed E-state index contributed by atoms with van der Waals surface area (Å²) in [6.45, 7) is 5.46. The topological polar surface area (TPSA) is 38.3 Å². The maximum Gasteiger partial charge on any atom is 0.412 e. The minimum absolute atomic E-state index is 0.449. The van der Waals surface area contributed by atoms with Crippen LogP contribution in [0.25, 0.3) is 0 Å². The predicted molar refractivity (Wildman–Crippen MR) is 50.1 cm³/mol. The molecule has 1 aliphatic rings. The molecular formula is C10H13NO2. The molecule has 0 aromatic carbocycles. The molecule has 70 valence electrons. The molecule has 0 atom stereocenters. The number of amides is 1. The van der Waals surface area contributed by atoms with Crippen molar-refractivity contribution in [2.24, 2.45) is 0 Å². The molecule has 0 aliphatic heterocycles. The van der Waals surface area contributed by atoms with E-state index < -0.39 is 11.7 Å². The first-order valence-electron chi connectivity index (χ1n) is 4.11. The van der Waals surface area contributed by atoms with E-state index >= 15 is 0 Å². The van der Waals surface area contributed by atoms with E-state index in [0.29, 0.717) is 5.70 Å². The van der Waals surface area contributed by atoms with E-state index in [0.717, 1.165) is 0 Å². The zero-order valence-corrected chi connectivity index (χ0v) is 8.05. The number of alkyl carbamates (subject to hydrolysis) is 1. The van der Waals surface area contributed by atoms with Crippen LogP contribution in [-0.4, -0.2) is 11.7 Å². The van der Waals surface area contributed by atoms with Gasteiger partial charge in [-0.1, -0.05) is 11.8 Å². The number of carbonyl (C=O) groups excluding carboxylic acids is 1. The van der Waals surface area contributed by atoms with Gasteiger partial charge in [0, 0.05) is 0 Å². The number of carbonyl (C=O) groups is 1. The molecule has 0 aromatic heterocycles. The second kappa shape index (κ2) is 3.50. The Morgan fingerprint density at radius 1 is 1.54 bits per heavy atom. The second-order valence-corrected chi connectivity index (χ2v) is 3.71. The molecule has 0 saturated carbocycles. The SMILES string of the molecule is CC(C)(C)OC(=O)NC1=C=CC=C1. The van der Waals surface area contributed by atoms with Gasteiger partial charge in [-0.2, -0.15) is 0 Å². The zero-order valence-electron chi connectivity index (χ0n) is 8.05. The molecule has 0 spiro atoms. The van der Waals surface area contributed by atoms with Crippen LogP contribution in [0.4, 0.5) is 4.79 Å². The number of hydrogen-bond acceptors (Lipinski definition) is 2. The summed E-state index contributed by atoms with van der Waals surface area (Å²) in [5.74, 6) is 0. The van der Waals surface area contributed by atoms with Gasteiger partial charge in [-0.15, -0.1) is 0 Å². The van der Waals surface area contributed by atoms with Crippen LogP contribution in [0.2, 0.25) is 0 Å². The van der Waals surface area contributed by atoms with Crippen molar-refractivity contribution < 1.29 is 9.53 Å². The standard InChI is InChI=1S/C10H13NO2/c1-10(2,3)13-9(12)11-8-6-4-5-7-8/h4-6H,1-3H3,(H,11,12). The molecule has 0 bridgehead atoms. The lowest BCUT2D eigenvalue weighted by Crippen LogP contribution is -2.31. The maximum atomic E-state index is 11.2. The summed E-state index contributed by atoms with van der Waals surface area (Å²) in [6.07, 6.45) is 4.83. The Kier molecular flexibility index (Phi) is 2.59. The molecule has 0 unspecified atom stereocenters. The van der Waals surface area contributed by atoms with E-state index in [-0.39, 0.29) is 0 Å². The Morgan fingerprint density at radius 2 is 2.23 bits per heavy atom. The minimum Gasteiger partial charge on any atom is -0.444 e. The summed E-state index contributed by atoms with van der Waals surface area (Å²) >= 11 is 0. The van der Waals surface area contributed by atoms with Crippen molar-refractivity contribution >= 4 is 6.09 Å². The van der Waals surface area contributed by atoms with Crippen molar-refractivity contribution in [3.63, 3.8) is 0 Å². The van der Waals surface area contributed by atoms with Gasteiger partial charge >= 0.3 is 6.09 Å². The number of rotatable bonds is 1. The summed E-state index contributed by atoms with van der Waals surface area (Å²) in [6, 6.07) is 0. The Hall–Kier alpha value is -1.47. The Bertz CT molecular complexity index is 301. The fraction of sp³-hybridized carbons (Fsp3) is 0.400. The Balaban J connectivity index is 2.43. The first-order chi connectivity index (χ1) is 5.97. The first kappa shape index (κ1) is 9.62. The molecule has 0 fully saturated rings. The van der Waals surface area contributed by atoms with Gasteiger partial charge in [-0.05, 0) is 32.9 Å². The third-order valence-corrected chi connectivity index (χ3v) is 1.23. The van der Waals surface area contributed by atoms with Crippen LogP contribution >= 0.6 is 0 Å². The number of ether oxygens (including phenoxy) is 1. The van der Waals surface area contributed by atoms with Crippen LogP contribution in [0.15, 0.2) is 29.7 Å². The molecule has 3 heteroatoms. The summed E-state index contributed by atoms with van der Waals surface area (Å²) < 4.78 is 5.04. The Morgan fingerprint density at radius 3 is 2.69 bits per heavy atom. The van der Waals surface area contributed by atoms with E-state index in [9.17, 15) is 4.79 Å². The highest BCUT2D eigenvalue weighted by Crippen LogP contribution is 2.07. The highest BCUT2D eigenvalue weighted by atomic mass is 16.6. The molecular weight excluding hydrogens is 166 g/mol. The smallest absolute Gasteiger partial charge is 0.412 e. The van der Waals surface area contributed by atoms with E-state index in [4.69, 9.17) is 4.74 Å². The van der Waals surface area contributed by atoms with Gasteiger partial charge in [0.1, 0.15) is 5.60 Å². The lowest BCUT2D eigenvalue weighted by molar-refractivity contribution is 0.0548. The molecule has 3 nitrogen and oxygen atoms in total. The molecule has 1 N–H and O–H groups in total. The summed E-state index contributed by atoms with van der Waals surface area (Å²) in [4.78, 5) is 11.2. The van der Waals surface area contributed by atoms with Crippen molar-refractivity contribution in [3.8, 4) is 0 Å². The molecule has 1 amide bonds.